The van der Waals surface area contributed by atoms with Crippen LogP contribution in [0.15, 0.2) is 54.9 Å². The standard InChI is InChI=1S/C27H27N5O5/c1-30(18-34)11-10-23(35)8-6-19-4-3-5-22(14-19)32-25-9-7-20(21-16-28-31(17-21)12-13-33)15-24(25)26(29-32)27(36)37-2/h3-5,7,9,14-18,23,33,35H,10-13H2,1-2H3. The van der Waals surface area contributed by atoms with Crippen molar-refractivity contribution in [1.82, 2.24) is 24.5 Å². The molecule has 0 spiro atoms. The molecular weight excluding hydrogens is 474 g/mol. The third kappa shape index (κ3) is 5.86. The maximum absolute atomic E-state index is 12.6. The molecule has 1 unspecified atom stereocenters. The van der Waals surface area contributed by atoms with Crippen LogP contribution in [0.3, 0.4) is 0 Å². The average Bonchev–Trinajstić information content (AvgIpc) is 3.55. The Morgan fingerprint density at radius 1 is 1.24 bits per heavy atom. The Morgan fingerprint density at radius 3 is 2.84 bits per heavy atom. The summed E-state index contributed by atoms with van der Waals surface area (Å²) in [4.78, 5) is 24.7. The van der Waals surface area contributed by atoms with Crippen LogP contribution >= 0.6 is 0 Å². The molecule has 10 nitrogen and oxygen atoms in total. The molecule has 37 heavy (non-hydrogen) atoms. The van der Waals surface area contributed by atoms with Crippen LogP contribution in [0.2, 0.25) is 0 Å². The van der Waals surface area contributed by atoms with Gasteiger partial charge >= 0.3 is 5.97 Å². The summed E-state index contributed by atoms with van der Waals surface area (Å²) < 4.78 is 8.28. The highest BCUT2D eigenvalue weighted by Crippen LogP contribution is 2.29. The summed E-state index contributed by atoms with van der Waals surface area (Å²) in [5.41, 5.74) is 3.91. The fraction of sp³-hybridized carbons (Fsp3) is 0.259. The number of fused-ring (bicyclic) bond motifs is 1. The molecule has 4 aromatic rings. The van der Waals surface area contributed by atoms with E-state index in [0.717, 1.165) is 11.1 Å². The van der Waals surface area contributed by atoms with Crippen molar-refractivity contribution < 1.29 is 24.5 Å². The van der Waals surface area contributed by atoms with E-state index in [1.54, 1.807) is 22.6 Å². The zero-order chi connectivity index (χ0) is 26.4. The van der Waals surface area contributed by atoms with Crippen LogP contribution in [-0.2, 0) is 16.1 Å². The number of hydrogen-bond acceptors (Lipinski definition) is 7. The molecule has 0 aliphatic heterocycles. The van der Waals surface area contributed by atoms with Gasteiger partial charge in [0.25, 0.3) is 0 Å². The van der Waals surface area contributed by atoms with Gasteiger partial charge in [-0.05, 0) is 35.9 Å². The number of ether oxygens (including phenoxy) is 1. The van der Waals surface area contributed by atoms with Crippen LogP contribution in [0.25, 0.3) is 27.7 Å². The summed E-state index contributed by atoms with van der Waals surface area (Å²) in [5.74, 6) is 5.20. The largest absolute Gasteiger partial charge is 0.464 e. The molecule has 190 valence electrons. The first-order chi connectivity index (χ1) is 17.9. The van der Waals surface area contributed by atoms with Crippen molar-refractivity contribution in [2.75, 3.05) is 27.3 Å². The van der Waals surface area contributed by atoms with Crippen molar-refractivity contribution in [3.8, 4) is 28.7 Å². The minimum atomic E-state index is -0.873. The maximum atomic E-state index is 12.6. The van der Waals surface area contributed by atoms with Crippen molar-refractivity contribution in [3.05, 3.63) is 66.1 Å². The number of nitrogens with zero attached hydrogens (tertiary/aromatic N) is 5. The summed E-state index contributed by atoms with van der Waals surface area (Å²) in [7, 11) is 2.95. The Balaban J connectivity index is 1.69. The van der Waals surface area contributed by atoms with E-state index < -0.39 is 12.1 Å². The van der Waals surface area contributed by atoms with Crippen molar-refractivity contribution in [2.24, 2.45) is 0 Å². The molecule has 10 heteroatoms. The van der Waals surface area contributed by atoms with Gasteiger partial charge in [-0.1, -0.05) is 24.0 Å². The molecule has 0 radical (unpaired) electrons. The molecule has 0 fully saturated rings. The van der Waals surface area contributed by atoms with E-state index >= 15 is 0 Å². The summed E-state index contributed by atoms with van der Waals surface area (Å²) in [6, 6.07) is 13.0. The summed E-state index contributed by atoms with van der Waals surface area (Å²) in [6.45, 7) is 0.776. The van der Waals surface area contributed by atoms with Crippen LogP contribution in [-0.4, -0.2) is 80.5 Å². The monoisotopic (exact) mass is 501 g/mol. The van der Waals surface area contributed by atoms with Crippen molar-refractivity contribution in [1.29, 1.82) is 0 Å². The zero-order valence-electron chi connectivity index (χ0n) is 20.5. The number of hydrogen-bond donors (Lipinski definition) is 2. The second kappa shape index (κ2) is 11.5. The normalized spacial score (nSPS) is 11.6. The highest BCUT2D eigenvalue weighted by Gasteiger charge is 2.20. The summed E-state index contributed by atoms with van der Waals surface area (Å²) in [6.07, 6.45) is 3.70. The van der Waals surface area contributed by atoms with Gasteiger partial charge in [-0.25, -0.2) is 9.48 Å². The smallest absolute Gasteiger partial charge is 0.359 e. The molecule has 0 aliphatic carbocycles. The van der Waals surface area contributed by atoms with Gasteiger partial charge in [-0.3, -0.25) is 9.48 Å². The third-order valence-corrected chi connectivity index (χ3v) is 5.76. The number of benzene rings is 2. The van der Waals surface area contributed by atoms with E-state index in [-0.39, 0.29) is 12.3 Å². The van der Waals surface area contributed by atoms with Crippen LogP contribution in [0, 0.1) is 11.8 Å². The number of carbonyl (C=O) groups excluding carboxylic acids is 2. The lowest BCUT2D eigenvalue weighted by molar-refractivity contribution is -0.117. The van der Waals surface area contributed by atoms with E-state index in [1.165, 1.54) is 12.0 Å². The van der Waals surface area contributed by atoms with E-state index in [1.807, 2.05) is 48.7 Å². The molecule has 0 aliphatic rings. The molecule has 1 atom stereocenters. The summed E-state index contributed by atoms with van der Waals surface area (Å²) >= 11 is 0. The Bertz CT molecular complexity index is 1480. The van der Waals surface area contributed by atoms with E-state index in [4.69, 9.17) is 9.84 Å². The fourth-order valence-electron chi connectivity index (χ4n) is 3.81. The van der Waals surface area contributed by atoms with Crippen LogP contribution in [0.1, 0.15) is 22.5 Å². The number of rotatable bonds is 9. The predicted molar refractivity (Wildman–Crippen MR) is 137 cm³/mol. The van der Waals surface area contributed by atoms with Gasteiger partial charge < -0.3 is 19.8 Å². The highest BCUT2D eigenvalue weighted by atomic mass is 16.5. The molecule has 2 aromatic heterocycles. The van der Waals surface area contributed by atoms with Gasteiger partial charge in [0, 0.05) is 42.7 Å². The molecule has 0 bridgehead atoms. The molecule has 0 saturated carbocycles. The molecule has 2 N–H and O–H groups in total. The lowest BCUT2D eigenvalue weighted by atomic mass is 10.1. The number of amides is 1. The number of esters is 1. The van der Waals surface area contributed by atoms with Crippen molar-refractivity contribution >= 4 is 23.3 Å². The predicted octanol–water partition coefficient (Wildman–Crippen LogP) is 1.86. The molecule has 2 aromatic carbocycles. The lowest BCUT2D eigenvalue weighted by Gasteiger charge is -2.10. The van der Waals surface area contributed by atoms with Gasteiger partial charge in [-0.2, -0.15) is 10.2 Å². The number of aliphatic hydroxyl groups excluding tert-OH is 2. The molecular formula is C27H27N5O5. The summed E-state index contributed by atoms with van der Waals surface area (Å²) in [5, 5.41) is 28.7. The van der Waals surface area contributed by atoms with Gasteiger partial charge in [0.1, 0.15) is 6.10 Å². The first-order valence-corrected chi connectivity index (χ1v) is 11.6. The average molecular weight is 502 g/mol. The second-order valence-electron chi connectivity index (χ2n) is 8.41. The van der Waals surface area contributed by atoms with Crippen molar-refractivity contribution in [3.63, 3.8) is 0 Å². The Kier molecular flexibility index (Phi) is 7.98. The minimum absolute atomic E-state index is 0.0146. The third-order valence-electron chi connectivity index (χ3n) is 5.76. The minimum Gasteiger partial charge on any atom is -0.464 e. The molecule has 4 rings (SSSR count). The highest BCUT2D eigenvalue weighted by molar-refractivity contribution is 6.03. The quantitative estimate of drug-likeness (QED) is 0.204. The Labute approximate surface area is 213 Å². The second-order valence-corrected chi connectivity index (χ2v) is 8.41. The van der Waals surface area contributed by atoms with Crippen LogP contribution in [0.5, 0.6) is 0 Å². The molecule has 1 amide bonds. The molecule has 0 saturated heterocycles. The number of carbonyl (C=O) groups is 2. The van der Waals surface area contributed by atoms with E-state index in [9.17, 15) is 14.7 Å². The zero-order valence-corrected chi connectivity index (χ0v) is 20.5. The van der Waals surface area contributed by atoms with Gasteiger partial charge in [-0.15, -0.1) is 0 Å². The SMILES string of the molecule is COC(=O)c1nn(-c2cccc(C#CC(O)CCN(C)C=O)c2)c2ccc(-c3cnn(CCO)c3)cc12. The van der Waals surface area contributed by atoms with Gasteiger partial charge in [0.05, 0.1) is 37.7 Å². The number of aromatic nitrogens is 4. The first kappa shape index (κ1) is 25.6. The lowest BCUT2D eigenvalue weighted by Crippen LogP contribution is -2.21. The Hall–Kier alpha value is -4.46. The first-order valence-electron chi connectivity index (χ1n) is 11.6. The maximum Gasteiger partial charge on any atom is 0.359 e. The molecule has 2 heterocycles. The Morgan fingerprint density at radius 2 is 2.08 bits per heavy atom. The van der Waals surface area contributed by atoms with Crippen molar-refractivity contribution in [2.45, 2.75) is 19.1 Å². The van der Waals surface area contributed by atoms with Gasteiger partial charge in [0.15, 0.2) is 5.69 Å². The fourth-order valence-corrected chi connectivity index (χ4v) is 3.81. The number of methoxy groups -OCH3 is 1. The number of aliphatic hydroxyl groups is 2. The van der Waals surface area contributed by atoms with E-state index in [2.05, 4.69) is 22.0 Å². The topological polar surface area (TPSA) is 123 Å². The van der Waals surface area contributed by atoms with E-state index in [0.29, 0.717) is 48.1 Å². The van der Waals surface area contributed by atoms with Crippen LogP contribution < -0.4 is 0 Å². The van der Waals surface area contributed by atoms with Gasteiger partial charge in [0.2, 0.25) is 6.41 Å². The van der Waals surface area contributed by atoms with Crippen LogP contribution in [0.4, 0.5) is 0 Å².